The standard InChI is InChI=1S/C9H11BrOS/c1-2-11-7-12-9-5-3-8(10)4-6-9/h3-6H,2,7H2,1H3. The Morgan fingerprint density at radius 2 is 2.00 bits per heavy atom. The molecule has 0 saturated heterocycles. The molecule has 0 fully saturated rings. The molecule has 0 aliphatic carbocycles. The van der Waals surface area contributed by atoms with Gasteiger partial charge in [0, 0.05) is 16.0 Å². The molecule has 0 heterocycles. The van der Waals surface area contributed by atoms with Crippen molar-refractivity contribution >= 4 is 27.7 Å². The third-order valence-electron chi connectivity index (χ3n) is 1.33. The second kappa shape index (κ2) is 5.62. The molecule has 0 aliphatic rings. The second-order valence-corrected chi connectivity index (χ2v) is 4.12. The van der Waals surface area contributed by atoms with Gasteiger partial charge in [-0.2, -0.15) is 0 Å². The average molecular weight is 247 g/mol. The summed E-state index contributed by atoms with van der Waals surface area (Å²) in [5.74, 6) is 0.734. The summed E-state index contributed by atoms with van der Waals surface area (Å²) in [7, 11) is 0. The molecule has 0 atom stereocenters. The van der Waals surface area contributed by atoms with E-state index in [0.29, 0.717) is 0 Å². The Labute approximate surface area is 85.6 Å². The fraction of sp³-hybridized carbons (Fsp3) is 0.333. The molecule has 3 heteroatoms. The summed E-state index contributed by atoms with van der Waals surface area (Å²) in [4.78, 5) is 1.24. The van der Waals surface area contributed by atoms with Crippen LogP contribution in [-0.4, -0.2) is 12.5 Å². The van der Waals surface area contributed by atoms with Crippen molar-refractivity contribution in [3.63, 3.8) is 0 Å². The van der Waals surface area contributed by atoms with Crippen LogP contribution in [0.25, 0.3) is 0 Å². The summed E-state index contributed by atoms with van der Waals surface area (Å²) in [6.45, 7) is 2.78. The molecule has 1 aromatic rings. The van der Waals surface area contributed by atoms with E-state index in [-0.39, 0.29) is 0 Å². The molecule has 0 N–H and O–H groups in total. The predicted molar refractivity (Wildman–Crippen MR) is 56.5 cm³/mol. The van der Waals surface area contributed by atoms with Gasteiger partial charge in [0.2, 0.25) is 0 Å². The molecule has 0 bridgehead atoms. The van der Waals surface area contributed by atoms with Crippen LogP contribution in [0.2, 0.25) is 0 Å². The van der Waals surface area contributed by atoms with Crippen molar-refractivity contribution in [1.29, 1.82) is 0 Å². The maximum absolute atomic E-state index is 5.22. The molecule has 0 aromatic heterocycles. The van der Waals surface area contributed by atoms with E-state index in [2.05, 4.69) is 28.1 Å². The number of ether oxygens (including phenoxy) is 1. The van der Waals surface area contributed by atoms with Gasteiger partial charge < -0.3 is 4.74 Å². The number of benzene rings is 1. The van der Waals surface area contributed by atoms with E-state index in [9.17, 15) is 0 Å². The molecular weight excluding hydrogens is 236 g/mol. The van der Waals surface area contributed by atoms with Crippen LogP contribution in [0.15, 0.2) is 33.6 Å². The van der Waals surface area contributed by atoms with E-state index >= 15 is 0 Å². The highest BCUT2D eigenvalue weighted by molar-refractivity contribution is 9.10. The van der Waals surface area contributed by atoms with Crippen LogP contribution in [0.3, 0.4) is 0 Å². The topological polar surface area (TPSA) is 9.23 Å². The van der Waals surface area contributed by atoms with E-state index in [1.165, 1.54) is 4.90 Å². The number of halogens is 1. The lowest BCUT2D eigenvalue weighted by Crippen LogP contribution is -1.87. The third kappa shape index (κ3) is 3.61. The minimum atomic E-state index is 0.734. The first kappa shape index (κ1) is 10.1. The normalized spacial score (nSPS) is 10.2. The highest BCUT2D eigenvalue weighted by Gasteiger charge is 1.92. The van der Waals surface area contributed by atoms with Gasteiger partial charge >= 0.3 is 0 Å². The van der Waals surface area contributed by atoms with Gasteiger partial charge in [0.25, 0.3) is 0 Å². The van der Waals surface area contributed by atoms with Gasteiger partial charge in [0.15, 0.2) is 0 Å². The lowest BCUT2D eigenvalue weighted by molar-refractivity contribution is 0.199. The van der Waals surface area contributed by atoms with Gasteiger partial charge in [-0.1, -0.05) is 27.7 Å². The number of hydrogen-bond acceptors (Lipinski definition) is 2. The Kier molecular flexibility index (Phi) is 4.73. The van der Waals surface area contributed by atoms with E-state index in [4.69, 9.17) is 4.74 Å². The van der Waals surface area contributed by atoms with Crippen LogP contribution in [0.5, 0.6) is 0 Å². The van der Waals surface area contributed by atoms with Crippen LogP contribution in [0, 0.1) is 0 Å². The molecule has 1 rings (SSSR count). The van der Waals surface area contributed by atoms with Gasteiger partial charge in [-0.15, -0.1) is 0 Å². The van der Waals surface area contributed by atoms with Crippen molar-refractivity contribution in [3.8, 4) is 0 Å². The van der Waals surface area contributed by atoms with Gasteiger partial charge in [-0.05, 0) is 31.2 Å². The molecule has 1 nitrogen and oxygen atoms in total. The summed E-state index contributed by atoms with van der Waals surface area (Å²) in [6, 6.07) is 8.23. The first-order valence-corrected chi connectivity index (χ1v) is 5.57. The van der Waals surface area contributed by atoms with Crippen molar-refractivity contribution in [2.75, 3.05) is 12.5 Å². The van der Waals surface area contributed by atoms with Crippen LogP contribution in [0.1, 0.15) is 6.92 Å². The van der Waals surface area contributed by atoms with Gasteiger partial charge in [0.05, 0.1) is 5.94 Å². The van der Waals surface area contributed by atoms with E-state index in [1.807, 2.05) is 19.1 Å². The van der Waals surface area contributed by atoms with Crippen molar-refractivity contribution in [2.24, 2.45) is 0 Å². The van der Waals surface area contributed by atoms with E-state index < -0.39 is 0 Å². The second-order valence-electron chi connectivity index (χ2n) is 2.21. The maximum atomic E-state index is 5.22. The predicted octanol–water partition coefficient (Wildman–Crippen LogP) is 3.54. The smallest absolute Gasteiger partial charge is 0.0966 e. The molecular formula is C9H11BrOS. The molecule has 66 valence electrons. The average Bonchev–Trinajstić information content (AvgIpc) is 2.09. The summed E-state index contributed by atoms with van der Waals surface area (Å²) in [6.07, 6.45) is 0. The minimum Gasteiger partial charge on any atom is -0.371 e. The summed E-state index contributed by atoms with van der Waals surface area (Å²) >= 11 is 5.10. The number of rotatable bonds is 4. The maximum Gasteiger partial charge on any atom is 0.0966 e. The molecule has 0 unspecified atom stereocenters. The first-order chi connectivity index (χ1) is 5.83. The van der Waals surface area contributed by atoms with Crippen molar-refractivity contribution in [3.05, 3.63) is 28.7 Å². The summed E-state index contributed by atoms with van der Waals surface area (Å²) < 4.78 is 6.33. The Bertz CT molecular complexity index is 222. The van der Waals surface area contributed by atoms with Gasteiger partial charge in [-0.25, -0.2) is 0 Å². The Hall–Kier alpha value is 0.01000. The molecule has 0 saturated carbocycles. The summed E-state index contributed by atoms with van der Waals surface area (Å²) in [5.41, 5.74) is 0. The van der Waals surface area contributed by atoms with Gasteiger partial charge in [-0.3, -0.25) is 0 Å². The fourth-order valence-electron chi connectivity index (χ4n) is 0.724. The Balaban J connectivity index is 2.37. The zero-order chi connectivity index (χ0) is 8.81. The van der Waals surface area contributed by atoms with Crippen molar-refractivity contribution in [2.45, 2.75) is 11.8 Å². The van der Waals surface area contributed by atoms with E-state index in [0.717, 1.165) is 17.0 Å². The summed E-state index contributed by atoms with van der Waals surface area (Å²) in [5, 5.41) is 0. The van der Waals surface area contributed by atoms with Crippen molar-refractivity contribution in [1.82, 2.24) is 0 Å². The van der Waals surface area contributed by atoms with Crippen LogP contribution in [-0.2, 0) is 4.74 Å². The zero-order valence-corrected chi connectivity index (χ0v) is 9.32. The fourth-order valence-corrected chi connectivity index (χ4v) is 1.70. The zero-order valence-electron chi connectivity index (χ0n) is 6.92. The minimum absolute atomic E-state index is 0.734. The molecule has 0 aliphatic heterocycles. The monoisotopic (exact) mass is 246 g/mol. The lowest BCUT2D eigenvalue weighted by Gasteiger charge is -2.00. The molecule has 0 amide bonds. The Morgan fingerprint density at radius 1 is 1.33 bits per heavy atom. The number of hydrogen-bond donors (Lipinski definition) is 0. The molecule has 0 spiro atoms. The van der Waals surface area contributed by atoms with Crippen LogP contribution >= 0.6 is 27.7 Å². The molecule has 0 radical (unpaired) electrons. The Morgan fingerprint density at radius 3 is 2.58 bits per heavy atom. The highest BCUT2D eigenvalue weighted by Crippen LogP contribution is 2.20. The first-order valence-electron chi connectivity index (χ1n) is 3.79. The van der Waals surface area contributed by atoms with Crippen molar-refractivity contribution < 1.29 is 4.74 Å². The van der Waals surface area contributed by atoms with E-state index in [1.54, 1.807) is 11.8 Å². The third-order valence-corrected chi connectivity index (χ3v) is 2.75. The SMILES string of the molecule is CCOCSc1ccc(Br)cc1. The van der Waals surface area contributed by atoms with Crippen LogP contribution < -0.4 is 0 Å². The van der Waals surface area contributed by atoms with Gasteiger partial charge in [0.1, 0.15) is 0 Å². The van der Waals surface area contributed by atoms with Crippen LogP contribution in [0.4, 0.5) is 0 Å². The lowest BCUT2D eigenvalue weighted by atomic mass is 10.4. The number of thioether (sulfide) groups is 1. The molecule has 1 aromatic carbocycles. The largest absolute Gasteiger partial charge is 0.371 e. The quantitative estimate of drug-likeness (QED) is 0.457. The highest BCUT2D eigenvalue weighted by atomic mass is 79.9. The molecule has 12 heavy (non-hydrogen) atoms.